The van der Waals surface area contributed by atoms with Crippen LogP contribution in [-0.2, 0) is 9.53 Å². The first-order valence-electron chi connectivity index (χ1n) is 6.79. The number of carbonyl (C=O) groups is 2. The van der Waals surface area contributed by atoms with Crippen molar-refractivity contribution >= 4 is 12.0 Å². The quantitative estimate of drug-likeness (QED) is 0.650. The van der Waals surface area contributed by atoms with Gasteiger partial charge in [-0.3, -0.25) is 0 Å². The molecule has 3 N–H and O–H groups in total. The van der Waals surface area contributed by atoms with E-state index >= 15 is 0 Å². The molecule has 19 heavy (non-hydrogen) atoms. The lowest BCUT2D eigenvalue weighted by molar-refractivity contribution is -0.139. The van der Waals surface area contributed by atoms with Gasteiger partial charge in [-0.25, -0.2) is 9.59 Å². The summed E-state index contributed by atoms with van der Waals surface area (Å²) in [5, 5.41) is 14.2. The van der Waals surface area contributed by atoms with Crippen molar-refractivity contribution in [1.29, 1.82) is 0 Å². The van der Waals surface area contributed by atoms with Crippen LogP contribution in [0.3, 0.4) is 0 Å². The molecule has 0 aliphatic heterocycles. The Balaban J connectivity index is 2.26. The molecule has 6 heteroatoms. The summed E-state index contributed by atoms with van der Waals surface area (Å²) in [5.41, 5.74) is 0. The van der Waals surface area contributed by atoms with E-state index in [1.807, 2.05) is 0 Å². The summed E-state index contributed by atoms with van der Waals surface area (Å²) < 4.78 is 4.82. The van der Waals surface area contributed by atoms with Crippen molar-refractivity contribution in [2.24, 2.45) is 11.8 Å². The molecule has 0 saturated heterocycles. The second kappa shape index (κ2) is 7.99. The predicted octanol–water partition coefficient (Wildman–Crippen LogP) is 1.21. The van der Waals surface area contributed by atoms with E-state index in [2.05, 4.69) is 17.6 Å². The summed E-state index contributed by atoms with van der Waals surface area (Å²) in [6.07, 6.45) is 3.74. The maximum absolute atomic E-state index is 11.6. The van der Waals surface area contributed by atoms with Gasteiger partial charge in [0.05, 0.1) is 0 Å². The molecular formula is C13H24N2O4. The number of aliphatic carboxylic acids is 1. The standard InChI is InChI=1S/C13H24N2O4/c1-9-3-4-10(7-9)8-14-13(18)15-11(12(16)17)5-6-19-2/h9-11H,3-8H2,1-2H3,(H,16,17)(H2,14,15,18). The Bertz CT molecular complexity index is 309. The second-order valence-corrected chi connectivity index (χ2v) is 5.31. The lowest BCUT2D eigenvalue weighted by atomic mass is 10.1. The number of carboxylic acids is 1. The fourth-order valence-corrected chi connectivity index (χ4v) is 2.45. The number of nitrogens with one attached hydrogen (secondary N) is 2. The Kier molecular flexibility index (Phi) is 6.62. The van der Waals surface area contributed by atoms with Gasteiger partial charge in [0.15, 0.2) is 0 Å². The minimum Gasteiger partial charge on any atom is -0.480 e. The normalized spacial score (nSPS) is 23.9. The summed E-state index contributed by atoms with van der Waals surface area (Å²) in [4.78, 5) is 22.6. The highest BCUT2D eigenvalue weighted by molar-refractivity contribution is 5.82. The smallest absolute Gasteiger partial charge is 0.326 e. The first-order chi connectivity index (χ1) is 9.02. The van der Waals surface area contributed by atoms with Crippen molar-refractivity contribution in [2.45, 2.75) is 38.6 Å². The Labute approximate surface area is 113 Å². The van der Waals surface area contributed by atoms with Crippen molar-refractivity contribution in [3.8, 4) is 0 Å². The van der Waals surface area contributed by atoms with Crippen LogP contribution < -0.4 is 10.6 Å². The zero-order valence-electron chi connectivity index (χ0n) is 11.6. The Morgan fingerprint density at radius 3 is 2.68 bits per heavy atom. The van der Waals surface area contributed by atoms with Gasteiger partial charge in [-0.15, -0.1) is 0 Å². The molecule has 1 fully saturated rings. The zero-order chi connectivity index (χ0) is 14.3. The van der Waals surface area contributed by atoms with E-state index in [0.717, 1.165) is 18.8 Å². The van der Waals surface area contributed by atoms with E-state index in [-0.39, 0.29) is 6.42 Å². The molecule has 1 rings (SSSR count). The van der Waals surface area contributed by atoms with Crippen LogP contribution in [0.25, 0.3) is 0 Å². The number of carboxylic acid groups (broad SMARTS) is 1. The summed E-state index contributed by atoms with van der Waals surface area (Å²) in [6.45, 7) is 3.13. The van der Waals surface area contributed by atoms with E-state index in [9.17, 15) is 9.59 Å². The summed E-state index contributed by atoms with van der Waals surface area (Å²) in [5.74, 6) is 0.202. The highest BCUT2D eigenvalue weighted by Crippen LogP contribution is 2.29. The van der Waals surface area contributed by atoms with Gasteiger partial charge >= 0.3 is 12.0 Å². The fraction of sp³-hybridized carbons (Fsp3) is 0.846. The minimum absolute atomic E-state index is 0.264. The molecule has 0 spiro atoms. The number of carbonyl (C=O) groups excluding carboxylic acids is 1. The van der Waals surface area contributed by atoms with Gasteiger partial charge in [-0.2, -0.15) is 0 Å². The van der Waals surface area contributed by atoms with E-state index in [4.69, 9.17) is 9.84 Å². The number of rotatable bonds is 7. The van der Waals surface area contributed by atoms with Crippen molar-refractivity contribution in [3.63, 3.8) is 0 Å². The third kappa shape index (κ3) is 5.92. The molecular weight excluding hydrogens is 248 g/mol. The van der Waals surface area contributed by atoms with Crippen molar-refractivity contribution in [2.75, 3.05) is 20.3 Å². The van der Waals surface area contributed by atoms with Crippen LogP contribution in [0.15, 0.2) is 0 Å². The van der Waals surface area contributed by atoms with Gasteiger partial charge in [-0.1, -0.05) is 13.3 Å². The average Bonchev–Trinajstić information content (AvgIpc) is 2.77. The number of urea groups is 1. The van der Waals surface area contributed by atoms with Crippen molar-refractivity contribution < 1.29 is 19.4 Å². The summed E-state index contributed by atoms with van der Waals surface area (Å²) in [7, 11) is 1.50. The molecule has 0 heterocycles. The molecule has 1 aliphatic carbocycles. The molecule has 0 radical (unpaired) electrons. The van der Waals surface area contributed by atoms with Crippen LogP contribution >= 0.6 is 0 Å². The third-order valence-electron chi connectivity index (χ3n) is 3.57. The molecule has 0 bridgehead atoms. The van der Waals surface area contributed by atoms with Gasteiger partial charge < -0.3 is 20.5 Å². The number of ether oxygens (including phenoxy) is 1. The molecule has 0 aromatic heterocycles. The van der Waals surface area contributed by atoms with Crippen LogP contribution in [0.5, 0.6) is 0 Å². The molecule has 110 valence electrons. The third-order valence-corrected chi connectivity index (χ3v) is 3.57. The number of hydrogen-bond donors (Lipinski definition) is 3. The molecule has 6 nitrogen and oxygen atoms in total. The van der Waals surface area contributed by atoms with Gasteiger partial charge in [0.25, 0.3) is 0 Å². The maximum Gasteiger partial charge on any atom is 0.326 e. The monoisotopic (exact) mass is 272 g/mol. The Morgan fingerprint density at radius 1 is 1.42 bits per heavy atom. The number of amides is 2. The Morgan fingerprint density at radius 2 is 2.16 bits per heavy atom. The first-order valence-corrected chi connectivity index (χ1v) is 6.79. The van der Waals surface area contributed by atoms with E-state index < -0.39 is 18.0 Å². The summed E-state index contributed by atoms with van der Waals surface area (Å²) in [6, 6.07) is -1.31. The van der Waals surface area contributed by atoms with Gasteiger partial charge in [0, 0.05) is 26.7 Å². The van der Waals surface area contributed by atoms with Crippen LogP contribution in [0, 0.1) is 11.8 Å². The van der Waals surface area contributed by atoms with Crippen LogP contribution in [0.4, 0.5) is 4.79 Å². The van der Waals surface area contributed by atoms with Crippen LogP contribution in [-0.4, -0.2) is 43.4 Å². The summed E-state index contributed by atoms with van der Waals surface area (Å²) >= 11 is 0. The minimum atomic E-state index is -1.04. The lowest BCUT2D eigenvalue weighted by Gasteiger charge is -2.16. The zero-order valence-corrected chi connectivity index (χ0v) is 11.6. The van der Waals surface area contributed by atoms with E-state index in [1.54, 1.807) is 0 Å². The molecule has 3 atom stereocenters. The molecule has 1 aliphatic rings. The topological polar surface area (TPSA) is 87.7 Å². The van der Waals surface area contributed by atoms with Crippen LogP contribution in [0.2, 0.25) is 0 Å². The van der Waals surface area contributed by atoms with Crippen LogP contribution in [0.1, 0.15) is 32.6 Å². The number of methoxy groups -OCH3 is 1. The highest BCUT2D eigenvalue weighted by atomic mass is 16.5. The van der Waals surface area contributed by atoms with Crippen molar-refractivity contribution in [1.82, 2.24) is 10.6 Å². The van der Waals surface area contributed by atoms with Gasteiger partial charge in [0.2, 0.25) is 0 Å². The molecule has 0 aromatic rings. The largest absolute Gasteiger partial charge is 0.480 e. The molecule has 3 unspecified atom stereocenters. The average molecular weight is 272 g/mol. The molecule has 0 aromatic carbocycles. The Hall–Kier alpha value is -1.30. The predicted molar refractivity (Wildman–Crippen MR) is 71.0 cm³/mol. The number of hydrogen-bond acceptors (Lipinski definition) is 3. The van der Waals surface area contributed by atoms with Gasteiger partial charge in [-0.05, 0) is 24.7 Å². The fourth-order valence-electron chi connectivity index (χ4n) is 2.45. The van der Waals surface area contributed by atoms with E-state index in [1.165, 1.54) is 13.5 Å². The highest BCUT2D eigenvalue weighted by Gasteiger charge is 2.23. The first kappa shape index (κ1) is 15.8. The lowest BCUT2D eigenvalue weighted by Crippen LogP contribution is -2.47. The molecule has 2 amide bonds. The SMILES string of the molecule is COCCC(NC(=O)NCC1CCC(C)C1)C(=O)O. The second-order valence-electron chi connectivity index (χ2n) is 5.31. The van der Waals surface area contributed by atoms with Gasteiger partial charge in [0.1, 0.15) is 6.04 Å². The maximum atomic E-state index is 11.6. The van der Waals surface area contributed by atoms with Crippen molar-refractivity contribution in [3.05, 3.63) is 0 Å². The molecule has 1 saturated carbocycles. The van der Waals surface area contributed by atoms with E-state index in [0.29, 0.717) is 19.1 Å².